The summed E-state index contributed by atoms with van der Waals surface area (Å²) in [7, 11) is 1.70. The SMILES string of the molecule is COc1ccc(CC[NH2+]Cc2cccc(C)c2)cc1. The molecule has 0 saturated carbocycles. The lowest BCUT2D eigenvalue weighted by Crippen LogP contribution is -2.83. The van der Waals surface area contributed by atoms with Crippen molar-refractivity contribution in [2.45, 2.75) is 19.9 Å². The lowest BCUT2D eigenvalue weighted by molar-refractivity contribution is -0.670. The van der Waals surface area contributed by atoms with Gasteiger partial charge in [-0.05, 0) is 24.6 Å². The van der Waals surface area contributed by atoms with Gasteiger partial charge in [0.05, 0.1) is 13.7 Å². The van der Waals surface area contributed by atoms with Crippen molar-refractivity contribution >= 4 is 0 Å². The van der Waals surface area contributed by atoms with E-state index in [4.69, 9.17) is 4.74 Å². The van der Waals surface area contributed by atoms with Gasteiger partial charge in [0.25, 0.3) is 0 Å². The molecule has 2 N–H and O–H groups in total. The number of nitrogens with two attached hydrogens (primary N) is 1. The smallest absolute Gasteiger partial charge is 0.118 e. The number of quaternary nitrogens is 1. The summed E-state index contributed by atoms with van der Waals surface area (Å²) in [5, 5.41) is 2.36. The Labute approximate surface area is 115 Å². The van der Waals surface area contributed by atoms with Gasteiger partial charge in [0.2, 0.25) is 0 Å². The van der Waals surface area contributed by atoms with Crippen molar-refractivity contribution in [2.24, 2.45) is 0 Å². The Morgan fingerprint density at radius 1 is 1.00 bits per heavy atom. The minimum Gasteiger partial charge on any atom is -0.497 e. The van der Waals surface area contributed by atoms with Crippen LogP contribution in [-0.4, -0.2) is 13.7 Å². The molecule has 0 saturated heterocycles. The Balaban J connectivity index is 1.74. The van der Waals surface area contributed by atoms with Gasteiger partial charge in [-0.3, -0.25) is 0 Å². The maximum absolute atomic E-state index is 5.16. The molecule has 0 heterocycles. The van der Waals surface area contributed by atoms with Crippen LogP contribution < -0.4 is 10.1 Å². The van der Waals surface area contributed by atoms with Crippen molar-refractivity contribution in [1.82, 2.24) is 0 Å². The average molecular weight is 256 g/mol. The number of benzene rings is 2. The summed E-state index contributed by atoms with van der Waals surface area (Å²) in [6.45, 7) is 4.30. The van der Waals surface area contributed by atoms with E-state index in [9.17, 15) is 0 Å². The minimum absolute atomic E-state index is 0.924. The third-order valence-corrected chi connectivity index (χ3v) is 3.26. The molecule has 0 aliphatic carbocycles. The molecule has 2 aromatic rings. The first kappa shape index (κ1) is 13.6. The van der Waals surface area contributed by atoms with E-state index in [1.54, 1.807) is 7.11 Å². The Kier molecular flexibility index (Phi) is 4.99. The van der Waals surface area contributed by atoms with E-state index in [-0.39, 0.29) is 0 Å². The second-order valence-corrected chi connectivity index (χ2v) is 4.87. The first-order chi connectivity index (χ1) is 9.28. The highest BCUT2D eigenvalue weighted by Gasteiger charge is 1.98. The molecule has 0 spiro atoms. The Morgan fingerprint density at radius 3 is 2.47 bits per heavy atom. The molecule has 2 rings (SSSR count). The number of hydrogen-bond donors (Lipinski definition) is 1. The fourth-order valence-electron chi connectivity index (χ4n) is 2.17. The highest BCUT2D eigenvalue weighted by atomic mass is 16.5. The van der Waals surface area contributed by atoms with Gasteiger partial charge in [0.15, 0.2) is 0 Å². The van der Waals surface area contributed by atoms with E-state index in [0.29, 0.717) is 0 Å². The third kappa shape index (κ3) is 4.42. The van der Waals surface area contributed by atoms with Crippen molar-refractivity contribution in [3.63, 3.8) is 0 Å². The van der Waals surface area contributed by atoms with Gasteiger partial charge < -0.3 is 10.1 Å². The van der Waals surface area contributed by atoms with E-state index in [1.807, 2.05) is 12.1 Å². The summed E-state index contributed by atoms with van der Waals surface area (Å²) in [6, 6.07) is 17.0. The second kappa shape index (κ2) is 6.95. The molecule has 2 heteroatoms. The van der Waals surface area contributed by atoms with E-state index >= 15 is 0 Å². The highest BCUT2D eigenvalue weighted by molar-refractivity contribution is 5.27. The fourth-order valence-corrected chi connectivity index (χ4v) is 2.17. The summed E-state index contributed by atoms with van der Waals surface area (Å²) in [5.41, 5.74) is 4.09. The Morgan fingerprint density at radius 2 is 1.79 bits per heavy atom. The molecule has 0 radical (unpaired) electrons. The van der Waals surface area contributed by atoms with Crippen LogP contribution in [0.5, 0.6) is 5.75 Å². The number of rotatable bonds is 6. The van der Waals surface area contributed by atoms with Gasteiger partial charge in [-0.25, -0.2) is 0 Å². The molecule has 0 fully saturated rings. The number of ether oxygens (including phenoxy) is 1. The van der Waals surface area contributed by atoms with Crippen molar-refractivity contribution in [2.75, 3.05) is 13.7 Å². The first-order valence-corrected chi connectivity index (χ1v) is 6.78. The van der Waals surface area contributed by atoms with Crippen LogP contribution in [0.1, 0.15) is 16.7 Å². The van der Waals surface area contributed by atoms with Crippen LogP contribution in [0.3, 0.4) is 0 Å². The maximum Gasteiger partial charge on any atom is 0.118 e. The minimum atomic E-state index is 0.924. The van der Waals surface area contributed by atoms with Crippen molar-refractivity contribution in [3.05, 3.63) is 65.2 Å². The first-order valence-electron chi connectivity index (χ1n) is 6.78. The van der Waals surface area contributed by atoms with Crippen LogP contribution in [0.2, 0.25) is 0 Å². The topological polar surface area (TPSA) is 25.8 Å². The molecule has 100 valence electrons. The molecule has 0 aliphatic heterocycles. The average Bonchev–Trinajstić information content (AvgIpc) is 2.44. The lowest BCUT2D eigenvalue weighted by atomic mass is 10.1. The molecule has 0 amide bonds. The summed E-state index contributed by atoms with van der Waals surface area (Å²) >= 11 is 0. The molecule has 2 nitrogen and oxygen atoms in total. The summed E-state index contributed by atoms with van der Waals surface area (Å²) in [4.78, 5) is 0. The zero-order valence-corrected chi connectivity index (χ0v) is 11.7. The number of hydrogen-bond acceptors (Lipinski definition) is 1. The molecular formula is C17H22NO+. The second-order valence-electron chi connectivity index (χ2n) is 4.87. The van der Waals surface area contributed by atoms with Crippen molar-refractivity contribution < 1.29 is 10.1 Å². The van der Waals surface area contributed by atoms with Crippen LogP contribution >= 0.6 is 0 Å². The van der Waals surface area contributed by atoms with Crippen molar-refractivity contribution in [1.29, 1.82) is 0 Å². The van der Waals surface area contributed by atoms with Gasteiger partial charge in [0.1, 0.15) is 12.3 Å². The summed E-state index contributed by atoms with van der Waals surface area (Å²) in [6.07, 6.45) is 1.09. The fraction of sp³-hybridized carbons (Fsp3) is 0.294. The zero-order valence-electron chi connectivity index (χ0n) is 11.7. The molecule has 0 bridgehead atoms. The van der Waals surface area contributed by atoms with E-state index in [0.717, 1.165) is 25.3 Å². The predicted octanol–water partition coefficient (Wildman–Crippen LogP) is 2.31. The molecule has 0 aromatic heterocycles. The van der Waals surface area contributed by atoms with Gasteiger partial charge in [-0.15, -0.1) is 0 Å². The molecular weight excluding hydrogens is 234 g/mol. The standard InChI is InChI=1S/C17H21NO/c1-14-4-3-5-16(12-14)13-18-11-10-15-6-8-17(19-2)9-7-15/h3-9,12,18H,10-11,13H2,1-2H3/p+1. The van der Waals surface area contributed by atoms with Crippen LogP contribution in [-0.2, 0) is 13.0 Å². The number of aryl methyl sites for hydroxylation is 1. The predicted molar refractivity (Wildman–Crippen MR) is 78.4 cm³/mol. The molecule has 0 atom stereocenters. The van der Waals surface area contributed by atoms with E-state index < -0.39 is 0 Å². The van der Waals surface area contributed by atoms with Crippen LogP contribution in [0.25, 0.3) is 0 Å². The number of methoxy groups -OCH3 is 1. The summed E-state index contributed by atoms with van der Waals surface area (Å²) < 4.78 is 5.16. The van der Waals surface area contributed by atoms with Crippen molar-refractivity contribution in [3.8, 4) is 5.75 Å². The van der Waals surface area contributed by atoms with E-state index in [1.165, 1.54) is 16.7 Å². The largest absolute Gasteiger partial charge is 0.497 e. The molecule has 19 heavy (non-hydrogen) atoms. The van der Waals surface area contributed by atoms with Crippen LogP contribution in [0.15, 0.2) is 48.5 Å². The van der Waals surface area contributed by atoms with Crippen LogP contribution in [0, 0.1) is 6.92 Å². The van der Waals surface area contributed by atoms with E-state index in [2.05, 4.69) is 48.6 Å². The third-order valence-electron chi connectivity index (χ3n) is 3.26. The Bertz CT molecular complexity index is 505. The van der Waals surface area contributed by atoms with Gasteiger partial charge in [-0.2, -0.15) is 0 Å². The summed E-state index contributed by atoms with van der Waals surface area (Å²) in [5.74, 6) is 0.924. The zero-order chi connectivity index (χ0) is 13.5. The maximum atomic E-state index is 5.16. The van der Waals surface area contributed by atoms with Gasteiger partial charge >= 0.3 is 0 Å². The molecule has 0 unspecified atom stereocenters. The highest BCUT2D eigenvalue weighted by Crippen LogP contribution is 2.11. The molecule has 2 aromatic carbocycles. The van der Waals surface area contributed by atoms with Gasteiger partial charge in [0, 0.05) is 12.0 Å². The normalized spacial score (nSPS) is 10.4. The Hall–Kier alpha value is -1.80. The quantitative estimate of drug-likeness (QED) is 0.789. The lowest BCUT2D eigenvalue weighted by Gasteiger charge is -2.04. The monoisotopic (exact) mass is 256 g/mol. The van der Waals surface area contributed by atoms with Crippen LogP contribution in [0.4, 0.5) is 0 Å². The molecule has 0 aliphatic rings. The van der Waals surface area contributed by atoms with Gasteiger partial charge in [-0.1, -0.05) is 42.0 Å².